The van der Waals surface area contributed by atoms with Crippen molar-refractivity contribution in [1.29, 1.82) is 0 Å². The van der Waals surface area contributed by atoms with Crippen LogP contribution in [0.4, 0.5) is 10.5 Å². The van der Waals surface area contributed by atoms with Gasteiger partial charge in [0.25, 0.3) is 5.91 Å². The lowest BCUT2D eigenvalue weighted by Crippen LogP contribution is -2.50. The number of likely N-dealkylation sites (tertiary alicyclic amines) is 1. The largest absolute Gasteiger partial charge is 0.481 e. The predicted molar refractivity (Wildman–Crippen MR) is 213 cm³/mol. The van der Waals surface area contributed by atoms with Crippen LogP contribution in [0.5, 0.6) is 0 Å². The number of hydrogen-bond acceptors (Lipinski definition) is 9. The van der Waals surface area contributed by atoms with E-state index in [4.69, 9.17) is 5.73 Å². The molecule has 54 heavy (non-hydrogen) atoms. The zero-order chi connectivity index (χ0) is 40.3. The smallest absolute Gasteiger partial charge is 0.315 e. The summed E-state index contributed by atoms with van der Waals surface area (Å²) in [5.41, 5.74) is 6.92. The molecule has 6 N–H and O–H groups in total. The number of ketones is 1. The van der Waals surface area contributed by atoms with Gasteiger partial charge in [0.05, 0.1) is 17.5 Å². The van der Waals surface area contributed by atoms with Crippen LogP contribution < -0.4 is 21.7 Å². The van der Waals surface area contributed by atoms with Crippen molar-refractivity contribution >= 4 is 46.6 Å². The Hall–Kier alpha value is -4.04. The lowest BCUT2D eigenvalue weighted by atomic mass is 9.80. The minimum absolute atomic E-state index is 0.0151. The van der Waals surface area contributed by atoms with E-state index in [9.17, 15) is 29.1 Å². The van der Waals surface area contributed by atoms with Gasteiger partial charge in [-0.05, 0) is 89.1 Å². The highest BCUT2D eigenvalue weighted by molar-refractivity contribution is 7.09. The number of urea groups is 1. The number of carboxylic acid groups (broad SMARTS) is 1. The number of Topliss-reactive ketones (excluding diaryl/α,β-unsaturated/α-hetero) is 1. The lowest BCUT2D eigenvalue weighted by molar-refractivity contribution is -0.143. The van der Waals surface area contributed by atoms with Gasteiger partial charge in [-0.15, -0.1) is 11.3 Å². The molecule has 300 valence electrons. The molecule has 1 fully saturated rings. The Morgan fingerprint density at radius 2 is 1.72 bits per heavy atom. The second kappa shape index (κ2) is 20.0. The summed E-state index contributed by atoms with van der Waals surface area (Å²) < 4.78 is 0. The zero-order valence-corrected chi connectivity index (χ0v) is 34.4. The van der Waals surface area contributed by atoms with Crippen molar-refractivity contribution in [2.24, 2.45) is 23.7 Å². The number of nitrogen functional groups attached to an aromatic ring is 1. The first-order valence-corrected chi connectivity index (χ1v) is 20.2. The summed E-state index contributed by atoms with van der Waals surface area (Å²) in [7, 11) is 3.75. The number of likely N-dealkylation sites (N-methyl/N-ethyl adjacent to an activating group) is 1. The highest BCUT2D eigenvalue weighted by atomic mass is 32.1. The fourth-order valence-corrected chi connectivity index (χ4v) is 8.15. The molecule has 14 heteroatoms. The second-order valence-corrected chi connectivity index (χ2v) is 16.5. The Labute approximate surface area is 325 Å². The van der Waals surface area contributed by atoms with Gasteiger partial charge in [-0.3, -0.25) is 24.1 Å². The quantitative estimate of drug-likeness (QED) is 0.108. The number of aromatic nitrogens is 1. The molecule has 1 saturated heterocycles. The van der Waals surface area contributed by atoms with E-state index < -0.39 is 47.4 Å². The van der Waals surface area contributed by atoms with Gasteiger partial charge >= 0.3 is 12.0 Å². The third-order valence-electron chi connectivity index (χ3n) is 11.3. The van der Waals surface area contributed by atoms with Gasteiger partial charge in [0, 0.05) is 49.1 Å². The summed E-state index contributed by atoms with van der Waals surface area (Å²) in [5.74, 6) is -2.64. The van der Waals surface area contributed by atoms with Crippen LogP contribution in [-0.4, -0.2) is 94.3 Å². The average Bonchev–Trinajstić information content (AvgIpc) is 3.76. The lowest BCUT2D eigenvalue weighted by Gasteiger charge is -2.38. The van der Waals surface area contributed by atoms with Crippen LogP contribution in [0.15, 0.2) is 29.6 Å². The summed E-state index contributed by atoms with van der Waals surface area (Å²) in [4.78, 5) is 75.0. The molecule has 4 amide bonds. The van der Waals surface area contributed by atoms with E-state index in [1.54, 1.807) is 36.4 Å². The number of benzene rings is 1. The van der Waals surface area contributed by atoms with Crippen molar-refractivity contribution in [3.05, 3.63) is 45.9 Å². The van der Waals surface area contributed by atoms with Gasteiger partial charge in [0.1, 0.15) is 10.7 Å². The van der Waals surface area contributed by atoms with Gasteiger partial charge in [-0.1, -0.05) is 53.2 Å². The molecular formula is C40H63N7O6S. The van der Waals surface area contributed by atoms with Crippen molar-refractivity contribution in [2.75, 3.05) is 32.9 Å². The molecule has 0 radical (unpaired) electrons. The van der Waals surface area contributed by atoms with Crippen LogP contribution in [0.1, 0.15) is 114 Å². The van der Waals surface area contributed by atoms with Gasteiger partial charge in [-0.2, -0.15) is 0 Å². The third-order valence-corrected chi connectivity index (χ3v) is 12.3. The standard InChI is InChI=1S/C40H63N7O6S/c1-10-25(5)30(21-34(48)40(7)17-12-18-46(40)8)37(50)47(9)33(24(3)4)22-31(45-39(53)42-11-2)36-44-32(23-54-36)35(49)43-29(19-26(6)38(51)52)20-27-13-15-28(41)16-14-27/h13-16,23-26,29-31,33H,10-12,17-22,41H2,1-9H3,(H,43,49)(H,51,52)(H2,42,45,53)/t25-,26-,29+,30-,31+,33+,40+/m0/s1. The highest BCUT2D eigenvalue weighted by Gasteiger charge is 2.43. The van der Waals surface area contributed by atoms with Gasteiger partial charge in [0.2, 0.25) is 5.91 Å². The van der Waals surface area contributed by atoms with E-state index in [1.807, 2.05) is 60.7 Å². The molecule has 2 heterocycles. The molecule has 13 nitrogen and oxygen atoms in total. The fourth-order valence-electron chi connectivity index (χ4n) is 7.29. The fraction of sp³-hybridized carbons (Fsp3) is 0.650. The molecule has 7 atom stereocenters. The Morgan fingerprint density at radius 1 is 1.06 bits per heavy atom. The van der Waals surface area contributed by atoms with E-state index in [-0.39, 0.29) is 48.1 Å². The number of nitrogens with two attached hydrogens (primary N) is 1. The van der Waals surface area contributed by atoms with E-state index in [0.29, 0.717) is 30.1 Å². The maximum Gasteiger partial charge on any atom is 0.315 e. The number of thiazole rings is 1. The van der Waals surface area contributed by atoms with Crippen LogP contribution in [-0.2, 0) is 20.8 Å². The molecular weight excluding hydrogens is 707 g/mol. The number of aliphatic carboxylic acids is 1. The van der Waals surface area contributed by atoms with E-state index in [2.05, 4.69) is 25.8 Å². The van der Waals surface area contributed by atoms with Crippen LogP contribution >= 0.6 is 11.3 Å². The SMILES string of the molecule is CCNC(=O)N[C@H](C[C@H](C(C)C)N(C)C(=O)[C@@H](CC(=O)[C@@]1(C)CCCN1C)[C@@H](C)CC)c1nc(C(=O)N[C@@H](Cc2ccc(N)cc2)C[C@H](C)C(=O)O)cs1. The Bertz CT molecular complexity index is 1580. The number of nitrogens with one attached hydrogen (secondary N) is 3. The first kappa shape index (κ1) is 44.4. The van der Waals surface area contributed by atoms with Crippen molar-refractivity contribution < 1.29 is 29.1 Å². The molecule has 0 aliphatic carbocycles. The molecule has 3 rings (SSSR count). The summed E-state index contributed by atoms with van der Waals surface area (Å²) >= 11 is 1.23. The maximum absolute atomic E-state index is 14.4. The molecule has 0 bridgehead atoms. The summed E-state index contributed by atoms with van der Waals surface area (Å²) in [6.07, 6.45) is 3.57. The molecule has 1 aliphatic rings. The molecule has 0 unspecified atom stereocenters. The second-order valence-electron chi connectivity index (χ2n) is 15.6. The number of anilines is 1. The number of carbonyl (C=O) groups is 5. The first-order valence-electron chi connectivity index (χ1n) is 19.3. The highest BCUT2D eigenvalue weighted by Crippen LogP contribution is 2.34. The third kappa shape index (κ3) is 11.7. The van der Waals surface area contributed by atoms with Crippen molar-refractivity contribution in [1.82, 2.24) is 30.7 Å². The Morgan fingerprint density at radius 3 is 2.28 bits per heavy atom. The first-order chi connectivity index (χ1) is 25.4. The van der Waals surface area contributed by atoms with Gasteiger partial charge in [0.15, 0.2) is 5.78 Å². The van der Waals surface area contributed by atoms with E-state index >= 15 is 0 Å². The molecule has 1 aliphatic heterocycles. The molecule has 2 aromatic rings. The molecule has 1 aromatic heterocycles. The Balaban J connectivity index is 1.87. The maximum atomic E-state index is 14.4. The molecule has 0 saturated carbocycles. The Kier molecular flexibility index (Phi) is 16.5. The van der Waals surface area contributed by atoms with Crippen LogP contribution in [0.3, 0.4) is 0 Å². The minimum Gasteiger partial charge on any atom is -0.481 e. The number of carbonyl (C=O) groups excluding carboxylic acids is 4. The summed E-state index contributed by atoms with van der Waals surface area (Å²) in [6.45, 7) is 14.8. The predicted octanol–water partition coefficient (Wildman–Crippen LogP) is 5.52. The number of rotatable bonds is 20. The summed E-state index contributed by atoms with van der Waals surface area (Å²) in [6, 6.07) is 5.36. The molecule has 0 spiro atoms. The van der Waals surface area contributed by atoms with Crippen molar-refractivity contribution in [3.63, 3.8) is 0 Å². The van der Waals surface area contributed by atoms with Crippen molar-refractivity contribution in [3.8, 4) is 0 Å². The normalized spacial score (nSPS) is 19.3. The van der Waals surface area contributed by atoms with E-state index in [1.165, 1.54) is 11.3 Å². The van der Waals surface area contributed by atoms with Crippen LogP contribution in [0.2, 0.25) is 0 Å². The average molecular weight is 770 g/mol. The monoisotopic (exact) mass is 769 g/mol. The number of nitrogens with zero attached hydrogens (tertiary/aromatic N) is 3. The number of hydrogen-bond donors (Lipinski definition) is 5. The summed E-state index contributed by atoms with van der Waals surface area (Å²) in [5, 5.41) is 20.5. The van der Waals surface area contributed by atoms with Crippen LogP contribution in [0.25, 0.3) is 0 Å². The van der Waals surface area contributed by atoms with Crippen molar-refractivity contribution in [2.45, 2.75) is 117 Å². The van der Waals surface area contributed by atoms with Gasteiger partial charge < -0.3 is 31.7 Å². The van der Waals surface area contributed by atoms with Crippen LogP contribution in [0, 0.1) is 23.7 Å². The van der Waals surface area contributed by atoms with E-state index in [0.717, 1.165) is 31.4 Å². The minimum atomic E-state index is -0.956. The topological polar surface area (TPSA) is 187 Å². The molecule has 1 aromatic carbocycles. The number of amides is 4. The van der Waals surface area contributed by atoms with Gasteiger partial charge in [-0.25, -0.2) is 9.78 Å². The number of carboxylic acids is 1. The zero-order valence-electron chi connectivity index (χ0n) is 33.6.